The number of carbonyl (C=O) groups is 4. The van der Waals surface area contributed by atoms with Crippen LogP contribution in [0.1, 0.15) is 59.1 Å². The zero-order valence-electron chi connectivity index (χ0n) is 22.8. The molecule has 0 saturated heterocycles. The number of aliphatic carboxylic acids is 1. The Kier molecular flexibility index (Phi) is 7.96. The molecule has 0 bridgehead atoms. The third-order valence-corrected chi connectivity index (χ3v) is 7.69. The van der Waals surface area contributed by atoms with E-state index in [1.54, 1.807) is 49.6 Å². The number of hydrogen-bond acceptors (Lipinski definition) is 7. The predicted molar refractivity (Wildman–Crippen MR) is 152 cm³/mol. The molecule has 41 heavy (non-hydrogen) atoms. The highest BCUT2D eigenvalue weighted by Gasteiger charge is 2.46. The first-order valence-electron chi connectivity index (χ1n) is 13.4. The smallest absolute Gasteiger partial charge is 0.337 e. The number of fused-ring (bicyclic) bond motifs is 2. The SMILES string of the molecule is COC(=O)c1ccc(C2C3C(=O)CC(c4ccc(OC)cc4)CC3=Nc3ccccc3N2C(=O)CCC(=O)O)cc1. The molecule has 0 spiro atoms. The monoisotopic (exact) mass is 554 g/mol. The number of carboxylic acids is 1. The van der Waals surface area contributed by atoms with Gasteiger partial charge in [-0.05, 0) is 59.9 Å². The van der Waals surface area contributed by atoms with Crippen molar-refractivity contribution >= 4 is 40.7 Å². The number of para-hydroxylation sites is 2. The Labute approximate surface area is 237 Å². The molecule has 1 amide bonds. The number of amides is 1. The van der Waals surface area contributed by atoms with Gasteiger partial charge in [0.25, 0.3) is 0 Å². The first-order chi connectivity index (χ1) is 19.8. The lowest BCUT2D eigenvalue weighted by Crippen LogP contribution is -2.45. The number of aliphatic imine (C=N–C) groups is 1. The first-order valence-corrected chi connectivity index (χ1v) is 13.4. The Morgan fingerprint density at radius 3 is 2.24 bits per heavy atom. The lowest BCUT2D eigenvalue weighted by molar-refractivity contribution is -0.138. The summed E-state index contributed by atoms with van der Waals surface area (Å²) in [5.41, 5.74) is 3.65. The zero-order chi connectivity index (χ0) is 29.1. The standard InChI is InChI=1S/C32H30N2O7/c1-40-23-13-11-19(12-14-23)22-17-25-30(27(35)18-22)31(20-7-9-21(10-8-20)32(39)41-2)34(28(36)15-16-29(37)38)26-6-4-3-5-24(26)33-25/h3-14,22,30-31H,15-18H2,1-2H3,(H,37,38). The van der Waals surface area contributed by atoms with E-state index in [9.17, 15) is 24.3 Å². The summed E-state index contributed by atoms with van der Waals surface area (Å²) >= 11 is 0. The third kappa shape index (κ3) is 5.61. The maximum atomic E-state index is 14.1. The van der Waals surface area contributed by atoms with Crippen LogP contribution < -0.4 is 9.64 Å². The van der Waals surface area contributed by atoms with Gasteiger partial charge in [-0.15, -0.1) is 0 Å². The van der Waals surface area contributed by atoms with E-state index in [1.807, 2.05) is 30.3 Å². The molecule has 0 aromatic heterocycles. The molecule has 5 rings (SSSR count). The van der Waals surface area contributed by atoms with Gasteiger partial charge in [-0.1, -0.05) is 36.4 Å². The number of methoxy groups -OCH3 is 2. The highest BCUT2D eigenvalue weighted by molar-refractivity contribution is 6.13. The van der Waals surface area contributed by atoms with E-state index in [0.29, 0.717) is 34.6 Å². The fourth-order valence-corrected chi connectivity index (χ4v) is 5.71. The topological polar surface area (TPSA) is 123 Å². The number of nitrogens with zero attached hydrogens (tertiary/aromatic N) is 2. The Bertz CT molecular complexity index is 1510. The molecule has 3 unspecified atom stereocenters. The summed E-state index contributed by atoms with van der Waals surface area (Å²) in [4.78, 5) is 57.8. The molecule has 1 aliphatic carbocycles. The summed E-state index contributed by atoms with van der Waals surface area (Å²) in [6, 6.07) is 20.6. The Morgan fingerprint density at radius 1 is 0.902 bits per heavy atom. The summed E-state index contributed by atoms with van der Waals surface area (Å²) < 4.78 is 10.1. The van der Waals surface area contributed by atoms with Crippen LogP contribution in [0.25, 0.3) is 0 Å². The van der Waals surface area contributed by atoms with E-state index in [-0.39, 0.29) is 31.0 Å². The van der Waals surface area contributed by atoms with Crippen molar-refractivity contribution in [3.05, 3.63) is 89.5 Å². The van der Waals surface area contributed by atoms with Crippen LogP contribution >= 0.6 is 0 Å². The maximum absolute atomic E-state index is 14.1. The van der Waals surface area contributed by atoms with E-state index in [1.165, 1.54) is 12.0 Å². The van der Waals surface area contributed by atoms with E-state index in [0.717, 1.165) is 11.3 Å². The third-order valence-electron chi connectivity index (χ3n) is 7.69. The largest absolute Gasteiger partial charge is 0.497 e. The van der Waals surface area contributed by atoms with Gasteiger partial charge in [0.05, 0.1) is 49.5 Å². The van der Waals surface area contributed by atoms with Gasteiger partial charge < -0.3 is 19.5 Å². The van der Waals surface area contributed by atoms with Crippen LogP contribution in [0.2, 0.25) is 0 Å². The molecule has 9 nitrogen and oxygen atoms in total. The minimum Gasteiger partial charge on any atom is -0.497 e. The van der Waals surface area contributed by atoms with Crippen LogP contribution in [0.4, 0.5) is 11.4 Å². The fourth-order valence-electron chi connectivity index (χ4n) is 5.71. The number of benzene rings is 3. The molecule has 1 heterocycles. The number of esters is 1. The maximum Gasteiger partial charge on any atom is 0.337 e. The van der Waals surface area contributed by atoms with Crippen LogP contribution in [0.15, 0.2) is 77.8 Å². The number of anilines is 1. The van der Waals surface area contributed by atoms with Gasteiger partial charge in [0.1, 0.15) is 11.5 Å². The lowest BCUT2D eigenvalue weighted by atomic mass is 9.72. The summed E-state index contributed by atoms with van der Waals surface area (Å²) in [5, 5.41) is 9.30. The van der Waals surface area contributed by atoms with Crippen LogP contribution in [-0.4, -0.2) is 48.7 Å². The van der Waals surface area contributed by atoms with Crippen molar-refractivity contribution in [2.24, 2.45) is 10.9 Å². The fraction of sp³-hybridized carbons (Fsp3) is 0.281. The zero-order valence-corrected chi connectivity index (χ0v) is 22.8. The van der Waals surface area contributed by atoms with Crippen molar-refractivity contribution in [3.63, 3.8) is 0 Å². The Morgan fingerprint density at radius 2 is 1.59 bits per heavy atom. The molecule has 0 radical (unpaired) electrons. The number of Topliss-reactive ketones (excluding diaryl/α,β-unsaturated/α-hetero) is 1. The number of hydrogen-bond donors (Lipinski definition) is 1. The second kappa shape index (κ2) is 11.8. The van der Waals surface area contributed by atoms with Crippen LogP contribution in [-0.2, 0) is 19.1 Å². The molecule has 3 aromatic rings. The molecule has 1 N–H and O–H groups in total. The molecule has 1 aliphatic heterocycles. The summed E-state index contributed by atoms with van der Waals surface area (Å²) in [6.07, 6.45) is 0.160. The lowest BCUT2D eigenvalue weighted by Gasteiger charge is -2.39. The molecule has 1 saturated carbocycles. The van der Waals surface area contributed by atoms with Gasteiger partial charge in [0, 0.05) is 18.6 Å². The van der Waals surface area contributed by atoms with Crippen LogP contribution in [0, 0.1) is 5.92 Å². The molecular formula is C32H30N2O7. The minimum atomic E-state index is -1.09. The van der Waals surface area contributed by atoms with Crippen molar-refractivity contribution in [2.75, 3.05) is 19.1 Å². The van der Waals surface area contributed by atoms with Crippen molar-refractivity contribution in [1.82, 2.24) is 0 Å². The van der Waals surface area contributed by atoms with Gasteiger partial charge >= 0.3 is 11.9 Å². The normalized spacial score (nSPS) is 19.8. The second-order valence-corrected chi connectivity index (χ2v) is 10.1. The highest BCUT2D eigenvalue weighted by Crippen LogP contribution is 2.47. The van der Waals surface area contributed by atoms with Gasteiger partial charge in [-0.2, -0.15) is 0 Å². The molecule has 9 heteroatoms. The molecule has 2 aliphatic rings. The van der Waals surface area contributed by atoms with Crippen molar-refractivity contribution in [2.45, 2.75) is 37.6 Å². The molecule has 3 atom stereocenters. The predicted octanol–water partition coefficient (Wildman–Crippen LogP) is 5.27. The highest BCUT2D eigenvalue weighted by atomic mass is 16.5. The Hall–Kier alpha value is -4.79. The van der Waals surface area contributed by atoms with E-state index >= 15 is 0 Å². The van der Waals surface area contributed by atoms with Crippen LogP contribution in [0.5, 0.6) is 5.75 Å². The van der Waals surface area contributed by atoms with Gasteiger partial charge in [-0.3, -0.25) is 19.4 Å². The quantitative estimate of drug-likeness (QED) is 0.395. The summed E-state index contributed by atoms with van der Waals surface area (Å²) in [7, 11) is 2.90. The molecule has 3 aromatic carbocycles. The summed E-state index contributed by atoms with van der Waals surface area (Å²) in [6.45, 7) is 0. The van der Waals surface area contributed by atoms with E-state index in [2.05, 4.69) is 0 Å². The van der Waals surface area contributed by atoms with Gasteiger partial charge in [0.15, 0.2) is 0 Å². The number of carboxylic acid groups (broad SMARTS) is 1. The molecule has 210 valence electrons. The second-order valence-electron chi connectivity index (χ2n) is 10.1. The van der Waals surface area contributed by atoms with E-state index in [4.69, 9.17) is 14.5 Å². The summed E-state index contributed by atoms with van der Waals surface area (Å²) in [5.74, 6) is -2.23. The number of ether oxygens (including phenoxy) is 2. The number of ketones is 1. The van der Waals surface area contributed by atoms with Gasteiger partial charge in [-0.25, -0.2) is 4.79 Å². The molecule has 1 fully saturated rings. The van der Waals surface area contributed by atoms with Gasteiger partial charge in [0.2, 0.25) is 5.91 Å². The number of rotatable bonds is 7. The molecular weight excluding hydrogens is 524 g/mol. The van der Waals surface area contributed by atoms with Crippen molar-refractivity contribution in [1.29, 1.82) is 0 Å². The average Bonchev–Trinajstić information content (AvgIpc) is 3.14. The first kappa shape index (κ1) is 27.8. The van der Waals surface area contributed by atoms with E-state index < -0.39 is 29.8 Å². The van der Waals surface area contributed by atoms with Crippen molar-refractivity contribution < 1.29 is 33.8 Å². The average molecular weight is 555 g/mol. The number of carbonyl (C=O) groups excluding carboxylic acids is 3. The van der Waals surface area contributed by atoms with Crippen molar-refractivity contribution in [3.8, 4) is 5.75 Å². The minimum absolute atomic E-state index is 0.0679. The van der Waals surface area contributed by atoms with Crippen LogP contribution in [0.3, 0.4) is 0 Å². The Balaban J connectivity index is 1.63.